The second-order valence-electron chi connectivity index (χ2n) is 7.45. The molecule has 1 fully saturated rings. The molecule has 0 saturated carbocycles. The number of anilines is 1. The second-order valence-corrected chi connectivity index (χ2v) is 8.08. The average molecular weight is 441 g/mol. The number of imide groups is 1. The van der Waals surface area contributed by atoms with Crippen molar-refractivity contribution in [2.24, 2.45) is 0 Å². The standard InChI is InChI=1S/C21H33FN4O3S/c1-23(15-16-30-22)17-21(28)26(18-27)10-6-5-9-24-11-13-25(14-12-24)19-7-3-4-8-20(19)29-2/h3-4,7-8,18H,5-6,9-17H2,1-2H3. The van der Waals surface area contributed by atoms with Crippen molar-refractivity contribution < 1.29 is 18.2 Å². The molecule has 2 amide bonds. The quantitative estimate of drug-likeness (QED) is 0.344. The Labute approximate surface area is 183 Å². The molecule has 1 aromatic carbocycles. The number of carbonyl (C=O) groups excluding carboxylic acids is 2. The van der Waals surface area contributed by atoms with Crippen LogP contribution in [0.15, 0.2) is 24.3 Å². The number of amides is 2. The van der Waals surface area contributed by atoms with E-state index >= 15 is 0 Å². The van der Waals surface area contributed by atoms with Gasteiger partial charge in [-0.1, -0.05) is 12.1 Å². The molecule has 0 unspecified atom stereocenters. The van der Waals surface area contributed by atoms with E-state index in [1.165, 1.54) is 4.90 Å². The van der Waals surface area contributed by atoms with Crippen molar-refractivity contribution in [2.45, 2.75) is 12.8 Å². The van der Waals surface area contributed by atoms with E-state index in [-0.39, 0.29) is 24.6 Å². The number of hydrogen-bond acceptors (Lipinski definition) is 7. The average Bonchev–Trinajstić information content (AvgIpc) is 2.78. The van der Waals surface area contributed by atoms with E-state index in [9.17, 15) is 13.5 Å². The number of unbranched alkanes of at least 4 members (excludes halogenated alkanes) is 1. The van der Waals surface area contributed by atoms with Gasteiger partial charge in [0.2, 0.25) is 12.3 Å². The number of nitrogens with zero attached hydrogens (tertiary/aromatic N) is 4. The molecule has 30 heavy (non-hydrogen) atoms. The minimum atomic E-state index is -0.234. The van der Waals surface area contributed by atoms with E-state index in [1.807, 2.05) is 18.2 Å². The number of para-hydroxylation sites is 2. The molecule has 7 nitrogen and oxygen atoms in total. The molecule has 2 rings (SSSR count). The maximum atomic E-state index is 12.2. The number of ether oxygens (including phenoxy) is 1. The highest BCUT2D eigenvalue weighted by Crippen LogP contribution is 2.28. The van der Waals surface area contributed by atoms with Crippen molar-refractivity contribution in [2.75, 3.05) is 77.2 Å². The van der Waals surface area contributed by atoms with Gasteiger partial charge in [0.25, 0.3) is 0 Å². The van der Waals surface area contributed by atoms with E-state index in [0.717, 1.165) is 57.0 Å². The number of piperazine rings is 1. The Kier molecular flexibility index (Phi) is 11.0. The molecule has 0 bridgehead atoms. The van der Waals surface area contributed by atoms with Crippen molar-refractivity contribution in [3.05, 3.63) is 24.3 Å². The lowest BCUT2D eigenvalue weighted by Gasteiger charge is -2.36. The van der Waals surface area contributed by atoms with Crippen molar-refractivity contribution in [3.8, 4) is 5.75 Å². The molecular formula is C21H33FN4O3S. The summed E-state index contributed by atoms with van der Waals surface area (Å²) in [7, 11) is 3.45. The molecule has 1 aliphatic rings. The zero-order valence-corrected chi connectivity index (χ0v) is 18.8. The molecular weight excluding hydrogens is 407 g/mol. The van der Waals surface area contributed by atoms with Crippen molar-refractivity contribution in [1.29, 1.82) is 0 Å². The smallest absolute Gasteiger partial charge is 0.243 e. The van der Waals surface area contributed by atoms with Crippen LogP contribution in [0.2, 0.25) is 0 Å². The highest BCUT2D eigenvalue weighted by atomic mass is 32.2. The number of halogens is 1. The van der Waals surface area contributed by atoms with Crippen LogP contribution >= 0.6 is 12.1 Å². The maximum absolute atomic E-state index is 12.2. The van der Waals surface area contributed by atoms with Crippen LogP contribution in [-0.2, 0) is 9.59 Å². The second kappa shape index (κ2) is 13.5. The summed E-state index contributed by atoms with van der Waals surface area (Å²) in [6.45, 7) is 5.83. The highest BCUT2D eigenvalue weighted by Gasteiger charge is 2.19. The Morgan fingerprint density at radius 2 is 1.93 bits per heavy atom. The lowest BCUT2D eigenvalue weighted by atomic mass is 10.2. The minimum absolute atomic E-state index is 0.129. The zero-order valence-electron chi connectivity index (χ0n) is 18.0. The number of hydrogen-bond donors (Lipinski definition) is 0. The summed E-state index contributed by atoms with van der Waals surface area (Å²) in [5.41, 5.74) is 1.13. The van der Waals surface area contributed by atoms with Gasteiger partial charge >= 0.3 is 0 Å². The fourth-order valence-corrected chi connectivity index (χ4v) is 3.93. The van der Waals surface area contributed by atoms with E-state index in [4.69, 9.17) is 4.74 Å². The molecule has 1 aliphatic heterocycles. The van der Waals surface area contributed by atoms with Gasteiger partial charge < -0.3 is 9.64 Å². The van der Waals surface area contributed by atoms with Crippen molar-refractivity contribution >= 4 is 30.2 Å². The van der Waals surface area contributed by atoms with Crippen molar-refractivity contribution in [1.82, 2.24) is 14.7 Å². The van der Waals surface area contributed by atoms with Gasteiger partial charge in [0, 0.05) is 57.2 Å². The first-order valence-corrected chi connectivity index (χ1v) is 11.2. The molecule has 1 aromatic rings. The van der Waals surface area contributed by atoms with E-state index in [1.54, 1.807) is 19.1 Å². The topological polar surface area (TPSA) is 56.3 Å². The summed E-state index contributed by atoms with van der Waals surface area (Å²) >= 11 is 0.252. The Bertz CT molecular complexity index is 659. The van der Waals surface area contributed by atoms with Gasteiger partial charge in [0.1, 0.15) is 5.75 Å². The number of carbonyl (C=O) groups is 2. The largest absolute Gasteiger partial charge is 0.495 e. The Morgan fingerprint density at radius 1 is 1.20 bits per heavy atom. The van der Waals surface area contributed by atoms with Crippen LogP contribution in [0, 0.1) is 0 Å². The summed E-state index contributed by atoms with van der Waals surface area (Å²) in [4.78, 5) is 31.2. The molecule has 0 aromatic heterocycles. The van der Waals surface area contributed by atoms with Crippen LogP contribution in [0.4, 0.5) is 9.57 Å². The van der Waals surface area contributed by atoms with Crippen LogP contribution in [-0.4, -0.2) is 99.3 Å². The molecule has 168 valence electrons. The maximum Gasteiger partial charge on any atom is 0.243 e. The fourth-order valence-electron chi connectivity index (χ4n) is 3.55. The van der Waals surface area contributed by atoms with Crippen molar-refractivity contribution in [3.63, 3.8) is 0 Å². The van der Waals surface area contributed by atoms with Gasteiger partial charge in [0.15, 0.2) is 0 Å². The fraction of sp³-hybridized carbons (Fsp3) is 0.619. The summed E-state index contributed by atoms with van der Waals surface area (Å²) in [5.74, 6) is 0.982. The summed E-state index contributed by atoms with van der Waals surface area (Å²) in [6, 6.07) is 8.09. The Hall–Kier alpha value is -1.84. The molecule has 0 radical (unpaired) electrons. The number of likely N-dealkylation sites (N-methyl/N-ethyl adjacent to an activating group) is 1. The third kappa shape index (κ3) is 7.77. The molecule has 0 spiro atoms. The predicted octanol–water partition coefficient (Wildman–Crippen LogP) is 2.13. The van der Waals surface area contributed by atoms with Gasteiger partial charge in [-0.2, -0.15) is 3.89 Å². The minimum Gasteiger partial charge on any atom is -0.495 e. The van der Waals surface area contributed by atoms with Crippen LogP contribution in [0.25, 0.3) is 0 Å². The number of rotatable bonds is 13. The Balaban J connectivity index is 1.66. The third-order valence-electron chi connectivity index (χ3n) is 5.32. The molecule has 0 aliphatic carbocycles. The SMILES string of the molecule is COc1ccccc1N1CCN(CCCCN(C=O)C(=O)CN(C)CCSF)CC1. The summed E-state index contributed by atoms with van der Waals surface area (Å²) in [5, 5.41) is 0. The normalized spacial score (nSPS) is 14.7. The van der Waals surface area contributed by atoms with Gasteiger partial charge in [-0.25, -0.2) is 0 Å². The summed E-state index contributed by atoms with van der Waals surface area (Å²) < 4.78 is 17.6. The summed E-state index contributed by atoms with van der Waals surface area (Å²) in [6.07, 6.45) is 2.31. The lowest BCUT2D eigenvalue weighted by Crippen LogP contribution is -2.46. The van der Waals surface area contributed by atoms with Gasteiger partial charge in [-0.15, -0.1) is 0 Å². The lowest BCUT2D eigenvalue weighted by molar-refractivity contribution is -0.138. The van der Waals surface area contributed by atoms with Crippen LogP contribution in [0.5, 0.6) is 5.75 Å². The molecule has 0 atom stereocenters. The number of methoxy groups -OCH3 is 1. The first-order chi connectivity index (χ1) is 14.6. The van der Waals surface area contributed by atoms with Gasteiger partial charge in [0.05, 0.1) is 19.3 Å². The van der Waals surface area contributed by atoms with Crippen LogP contribution in [0.1, 0.15) is 12.8 Å². The predicted molar refractivity (Wildman–Crippen MR) is 120 cm³/mol. The first kappa shape index (κ1) is 24.4. The van der Waals surface area contributed by atoms with E-state index in [0.29, 0.717) is 25.3 Å². The van der Waals surface area contributed by atoms with Crippen LogP contribution in [0.3, 0.4) is 0 Å². The molecule has 1 heterocycles. The molecule has 1 saturated heterocycles. The van der Waals surface area contributed by atoms with Gasteiger partial charge in [-0.3, -0.25) is 24.3 Å². The van der Waals surface area contributed by atoms with E-state index in [2.05, 4.69) is 15.9 Å². The zero-order chi connectivity index (χ0) is 21.8. The molecule has 9 heteroatoms. The number of benzene rings is 1. The van der Waals surface area contributed by atoms with Gasteiger partial charge in [-0.05, 0) is 38.6 Å². The monoisotopic (exact) mass is 440 g/mol. The van der Waals surface area contributed by atoms with E-state index < -0.39 is 0 Å². The van der Waals surface area contributed by atoms with Crippen LogP contribution < -0.4 is 9.64 Å². The first-order valence-electron chi connectivity index (χ1n) is 10.4. The highest BCUT2D eigenvalue weighted by molar-refractivity contribution is 7.94. The molecule has 0 N–H and O–H groups in total. The third-order valence-corrected chi connectivity index (χ3v) is 5.66. The Morgan fingerprint density at radius 3 is 2.60 bits per heavy atom.